The topological polar surface area (TPSA) is 41.1 Å². The molecular formula is C19H30N2OS. The Labute approximate surface area is 146 Å². The summed E-state index contributed by atoms with van der Waals surface area (Å²) in [5.41, 5.74) is 1.83. The second kappa shape index (κ2) is 9.33. The molecule has 0 spiro atoms. The van der Waals surface area contributed by atoms with E-state index in [0.29, 0.717) is 17.8 Å². The maximum absolute atomic E-state index is 12.4. The van der Waals surface area contributed by atoms with Crippen molar-refractivity contribution < 1.29 is 4.79 Å². The number of carbonyl (C=O) groups excluding carboxylic acids is 1. The lowest BCUT2D eigenvalue weighted by Crippen LogP contribution is -2.34. The van der Waals surface area contributed by atoms with Crippen LogP contribution in [0, 0.1) is 5.92 Å². The lowest BCUT2D eigenvalue weighted by atomic mass is 10.00. The molecular weight excluding hydrogens is 304 g/mol. The van der Waals surface area contributed by atoms with Crippen molar-refractivity contribution in [1.29, 1.82) is 0 Å². The van der Waals surface area contributed by atoms with Crippen molar-refractivity contribution in [2.45, 2.75) is 63.8 Å². The van der Waals surface area contributed by atoms with Crippen molar-refractivity contribution in [3.63, 3.8) is 0 Å². The van der Waals surface area contributed by atoms with E-state index in [1.54, 1.807) is 0 Å². The number of hydrogen-bond acceptors (Lipinski definition) is 3. The molecule has 3 nitrogen and oxygen atoms in total. The largest absolute Gasteiger partial charge is 0.349 e. The van der Waals surface area contributed by atoms with E-state index in [0.717, 1.165) is 36.4 Å². The Morgan fingerprint density at radius 2 is 2.09 bits per heavy atom. The van der Waals surface area contributed by atoms with Gasteiger partial charge >= 0.3 is 0 Å². The molecule has 0 saturated heterocycles. The quantitative estimate of drug-likeness (QED) is 0.547. The number of benzene rings is 1. The molecule has 4 heteroatoms. The summed E-state index contributed by atoms with van der Waals surface area (Å²) < 4.78 is 0. The van der Waals surface area contributed by atoms with Gasteiger partial charge in [0, 0.05) is 23.4 Å². The SMILES string of the molecule is CC(C)NCC1CCCC(NC(=O)c2cccc(CS)c2)CC1. The third-order valence-corrected chi connectivity index (χ3v) is 4.98. The molecule has 23 heavy (non-hydrogen) atoms. The first kappa shape index (κ1) is 18.3. The molecule has 1 aromatic carbocycles. The van der Waals surface area contributed by atoms with Crippen LogP contribution in [0.5, 0.6) is 0 Å². The lowest BCUT2D eigenvalue weighted by Gasteiger charge is -2.18. The van der Waals surface area contributed by atoms with Gasteiger partial charge in [-0.3, -0.25) is 4.79 Å². The standard InChI is InChI=1S/C19H30N2OS/c1-14(2)20-12-15-5-4-8-18(10-9-15)21-19(22)17-7-3-6-16(11-17)13-23/h3,6-7,11,14-15,18,20,23H,4-5,8-10,12-13H2,1-2H3,(H,21,22). The number of thiol groups is 1. The monoisotopic (exact) mass is 334 g/mol. The maximum Gasteiger partial charge on any atom is 0.251 e. The van der Waals surface area contributed by atoms with Crippen molar-refractivity contribution >= 4 is 18.5 Å². The summed E-state index contributed by atoms with van der Waals surface area (Å²) in [6.45, 7) is 5.49. The van der Waals surface area contributed by atoms with Gasteiger partial charge in [-0.1, -0.05) is 32.4 Å². The van der Waals surface area contributed by atoms with E-state index in [-0.39, 0.29) is 5.91 Å². The lowest BCUT2D eigenvalue weighted by molar-refractivity contribution is 0.0933. The van der Waals surface area contributed by atoms with Gasteiger partial charge in [0.2, 0.25) is 0 Å². The van der Waals surface area contributed by atoms with Gasteiger partial charge in [-0.05, 0) is 55.8 Å². The molecule has 2 N–H and O–H groups in total. The van der Waals surface area contributed by atoms with E-state index in [4.69, 9.17) is 0 Å². The van der Waals surface area contributed by atoms with Crippen LogP contribution in [-0.4, -0.2) is 24.5 Å². The molecule has 1 amide bonds. The summed E-state index contributed by atoms with van der Waals surface area (Å²) in [4.78, 5) is 12.4. The molecule has 1 aliphatic rings. The van der Waals surface area contributed by atoms with Crippen LogP contribution >= 0.6 is 12.6 Å². The average molecular weight is 335 g/mol. The van der Waals surface area contributed by atoms with Crippen LogP contribution in [0.2, 0.25) is 0 Å². The summed E-state index contributed by atoms with van der Waals surface area (Å²) in [5, 5.41) is 6.77. The average Bonchev–Trinajstić information content (AvgIpc) is 2.78. The molecule has 2 unspecified atom stereocenters. The van der Waals surface area contributed by atoms with E-state index in [1.165, 1.54) is 19.3 Å². The number of hydrogen-bond donors (Lipinski definition) is 3. The highest BCUT2D eigenvalue weighted by atomic mass is 32.1. The molecule has 1 aliphatic carbocycles. The molecule has 1 aromatic rings. The van der Waals surface area contributed by atoms with Gasteiger partial charge in [0.05, 0.1) is 0 Å². The van der Waals surface area contributed by atoms with E-state index in [2.05, 4.69) is 37.1 Å². The predicted molar refractivity (Wildman–Crippen MR) is 100 cm³/mol. The first-order valence-corrected chi connectivity index (χ1v) is 9.45. The predicted octanol–water partition coefficient (Wildman–Crippen LogP) is 3.79. The Morgan fingerprint density at radius 1 is 1.26 bits per heavy atom. The zero-order chi connectivity index (χ0) is 16.7. The molecule has 128 valence electrons. The molecule has 0 aromatic heterocycles. The Morgan fingerprint density at radius 3 is 2.83 bits per heavy atom. The van der Waals surface area contributed by atoms with Crippen molar-refractivity contribution in [3.8, 4) is 0 Å². The number of nitrogens with one attached hydrogen (secondary N) is 2. The fraction of sp³-hybridized carbons (Fsp3) is 0.632. The second-order valence-corrected chi connectivity index (χ2v) is 7.28. The van der Waals surface area contributed by atoms with Crippen LogP contribution in [0.1, 0.15) is 61.9 Å². The second-order valence-electron chi connectivity index (χ2n) is 6.97. The van der Waals surface area contributed by atoms with Crippen molar-refractivity contribution in [3.05, 3.63) is 35.4 Å². The summed E-state index contributed by atoms with van der Waals surface area (Å²) in [5.74, 6) is 1.46. The first-order chi connectivity index (χ1) is 11.1. The van der Waals surface area contributed by atoms with E-state index >= 15 is 0 Å². The molecule has 0 radical (unpaired) electrons. The van der Waals surface area contributed by atoms with Crippen LogP contribution in [0.4, 0.5) is 0 Å². The zero-order valence-corrected chi connectivity index (χ0v) is 15.2. The number of amides is 1. The summed E-state index contributed by atoms with van der Waals surface area (Å²) >= 11 is 4.28. The highest BCUT2D eigenvalue weighted by Crippen LogP contribution is 2.23. The highest BCUT2D eigenvalue weighted by Gasteiger charge is 2.20. The smallest absolute Gasteiger partial charge is 0.251 e. The van der Waals surface area contributed by atoms with Crippen molar-refractivity contribution in [2.24, 2.45) is 5.92 Å². The fourth-order valence-corrected chi connectivity index (χ4v) is 3.41. The summed E-state index contributed by atoms with van der Waals surface area (Å²) in [6.07, 6.45) is 5.84. The van der Waals surface area contributed by atoms with Crippen LogP contribution in [0.15, 0.2) is 24.3 Å². The maximum atomic E-state index is 12.4. The van der Waals surface area contributed by atoms with Crippen molar-refractivity contribution in [1.82, 2.24) is 10.6 Å². The van der Waals surface area contributed by atoms with Gasteiger partial charge in [-0.2, -0.15) is 12.6 Å². The van der Waals surface area contributed by atoms with Crippen LogP contribution < -0.4 is 10.6 Å². The Kier molecular flexibility index (Phi) is 7.44. The van der Waals surface area contributed by atoms with Gasteiger partial charge in [-0.25, -0.2) is 0 Å². The van der Waals surface area contributed by atoms with Gasteiger partial charge < -0.3 is 10.6 Å². The summed E-state index contributed by atoms with van der Waals surface area (Å²) in [6, 6.07) is 8.62. The van der Waals surface area contributed by atoms with Crippen LogP contribution in [-0.2, 0) is 5.75 Å². The first-order valence-electron chi connectivity index (χ1n) is 8.82. The third-order valence-electron chi connectivity index (χ3n) is 4.61. The van der Waals surface area contributed by atoms with E-state index in [9.17, 15) is 4.79 Å². The van der Waals surface area contributed by atoms with Crippen molar-refractivity contribution in [2.75, 3.05) is 6.54 Å². The Bertz CT molecular complexity index is 504. The molecule has 0 bridgehead atoms. The third kappa shape index (κ3) is 6.19. The zero-order valence-electron chi connectivity index (χ0n) is 14.3. The van der Waals surface area contributed by atoms with E-state index in [1.807, 2.05) is 24.3 Å². The normalized spacial score (nSPS) is 21.9. The number of rotatable bonds is 6. The molecule has 0 heterocycles. The molecule has 1 saturated carbocycles. The van der Waals surface area contributed by atoms with Gasteiger partial charge in [0.15, 0.2) is 0 Å². The molecule has 0 aliphatic heterocycles. The molecule has 2 atom stereocenters. The highest BCUT2D eigenvalue weighted by molar-refractivity contribution is 7.79. The van der Waals surface area contributed by atoms with Gasteiger partial charge in [0.1, 0.15) is 0 Å². The minimum atomic E-state index is 0.0531. The van der Waals surface area contributed by atoms with Gasteiger partial charge in [0.25, 0.3) is 5.91 Å². The van der Waals surface area contributed by atoms with E-state index < -0.39 is 0 Å². The van der Waals surface area contributed by atoms with Gasteiger partial charge in [-0.15, -0.1) is 0 Å². The fourth-order valence-electron chi connectivity index (χ4n) is 3.21. The summed E-state index contributed by atoms with van der Waals surface area (Å²) in [7, 11) is 0. The molecule has 1 fully saturated rings. The number of carbonyl (C=O) groups is 1. The van der Waals surface area contributed by atoms with Crippen LogP contribution in [0.25, 0.3) is 0 Å². The van der Waals surface area contributed by atoms with Crippen LogP contribution in [0.3, 0.4) is 0 Å². The minimum Gasteiger partial charge on any atom is -0.349 e. The minimum absolute atomic E-state index is 0.0531. The molecule has 2 rings (SSSR count). The Balaban J connectivity index is 1.84. The Hall–Kier alpha value is -1.00.